The smallest absolute Gasteiger partial charge is 0.352 e. The highest BCUT2D eigenvalue weighted by Gasteiger charge is 2.20. The zero-order chi connectivity index (χ0) is 23.0. The van der Waals surface area contributed by atoms with Crippen LogP contribution in [0, 0.1) is 0 Å². The number of hydrogen-bond donors (Lipinski definition) is 0. The van der Waals surface area contributed by atoms with Gasteiger partial charge in [-0.2, -0.15) is 0 Å². The van der Waals surface area contributed by atoms with E-state index in [-0.39, 0.29) is 18.5 Å². The van der Waals surface area contributed by atoms with E-state index in [1.165, 1.54) is 6.07 Å². The fourth-order valence-corrected chi connectivity index (χ4v) is 3.52. The summed E-state index contributed by atoms with van der Waals surface area (Å²) in [6, 6.07) is 23.8. The predicted molar refractivity (Wildman–Crippen MR) is 123 cm³/mol. The van der Waals surface area contributed by atoms with E-state index >= 15 is 0 Å². The molecule has 1 fully saturated rings. The molecule has 0 spiro atoms. The van der Waals surface area contributed by atoms with Gasteiger partial charge in [-0.15, -0.1) is 0 Å². The van der Waals surface area contributed by atoms with Gasteiger partial charge in [-0.1, -0.05) is 48.5 Å². The van der Waals surface area contributed by atoms with Crippen molar-refractivity contribution in [1.29, 1.82) is 0 Å². The monoisotopic (exact) mass is 446 g/mol. The van der Waals surface area contributed by atoms with Crippen molar-refractivity contribution in [1.82, 2.24) is 0 Å². The zero-order valence-corrected chi connectivity index (χ0v) is 18.4. The fraction of sp³-hybridized carbons (Fsp3) is 0.259. The van der Waals surface area contributed by atoms with Gasteiger partial charge in [0.2, 0.25) is 0 Å². The van der Waals surface area contributed by atoms with Crippen molar-refractivity contribution in [2.45, 2.75) is 32.0 Å². The van der Waals surface area contributed by atoms with Crippen LogP contribution in [0.1, 0.15) is 30.1 Å². The van der Waals surface area contributed by atoms with Gasteiger partial charge in [0, 0.05) is 6.61 Å². The Balaban J connectivity index is 1.31. The van der Waals surface area contributed by atoms with Crippen molar-refractivity contribution in [2.75, 3.05) is 13.2 Å². The highest BCUT2D eigenvalue weighted by atomic mass is 16.6. The first-order valence-corrected chi connectivity index (χ1v) is 11.0. The first kappa shape index (κ1) is 22.6. The fourth-order valence-electron chi connectivity index (χ4n) is 3.52. The van der Waals surface area contributed by atoms with Crippen LogP contribution < -0.4 is 9.47 Å². The summed E-state index contributed by atoms with van der Waals surface area (Å²) >= 11 is 0. The summed E-state index contributed by atoms with van der Waals surface area (Å²) in [5, 5.41) is 0. The highest BCUT2D eigenvalue weighted by Crippen LogP contribution is 2.23. The van der Waals surface area contributed by atoms with E-state index in [1.807, 2.05) is 54.6 Å². The van der Waals surface area contributed by atoms with Crippen LogP contribution in [0.4, 0.5) is 0 Å². The van der Waals surface area contributed by atoms with Gasteiger partial charge < -0.3 is 18.9 Å². The van der Waals surface area contributed by atoms with Crippen LogP contribution in [-0.2, 0) is 14.3 Å². The van der Waals surface area contributed by atoms with Crippen molar-refractivity contribution in [2.24, 2.45) is 0 Å². The Labute approximate surface area is 193 Å². The minimum Gasteiger partial charge on any atom is -0.479 e. The van der Waals surface area contributed by atoms with Gasteiger partial charge in [-0.05, 0) is 61.2 Å². The Hall–Kier alpha value is -3.64. The van der Waals surface area contributed by atoms with E-state index in [2.05, 4.69) is 0 Å². The molecule has 3 aromatic carbocycles. The summed E-state index contributed by atoms with van der Waals surface area (Å²) in [5.41, 5.74) is 2.47. The van der Waals surface area contributed by atoms with E-state index in [4.69, 9.17) is 18.9 Å². The van der Waals surface area contributed by atoms with E-state index in [9.17, 15) is 9.59 Å². The SMILES string of the molecule is CC(Oc1ccc(-c2ccccc2)cc1)C(=O)Oc1cccc(C(=O)OCC2CCCO2)c1. The maximum absolute atomic E-state index is 12.5. The number of carbonyl (C=O) groups excluding carboxylic acids is 2. The van der Waals surface area contributed by atoms with Crippen LogP contribution in [0.25, 0.3) is 11.1 Å². The quantitative estimate of drug-likeness (QED) is 0.356. The summed E-state index contributed by atoms with van der Waals surface area (Å²) in [6.07, 6.45) is 0.987. The van der Waals surface area contributed by atoms with E-state index in [1.54, 1.807) is 25.1 Å². The Morgan fingerprint density at radius 3 is 2.42 bits per heavy atom. The lowest BCUT2D eigenvalue weighted by atomic mass is 10.1. The number of ether oxygens (including phenoxy) is 4. The largest absolute Gasteiger partial charge is 0.479 e. The maximum atomic E-state index is 12.5. The third kappa shape index (κ3) is 6.20. The third-order valence-electron chi connectivity index (χ3n) is 5.32. The molecule has 2 atom stereocenters. The van der Waals surface area contributed by atoms with Crippen molar-refractivity contribution in [3.63, 3.8) is 0 Å². The summed E-state index contributed by atoms with van der Waals surface area (Å²) < 4.78 is 21.9. The van der Waals surface area contributed by atoms with Gasteiger partial charge in [-0.25, -0.2) is 9.59 Å². The molecule has 0 saturated carbocycles. The minimum absolute atomic E-state index is 0.0466. The molecule has 0 aromatic heterocycles. The van der Waals surface area contributed by atoms with E-state index < -0.39 is 18.0 Å². The second-order valence-corrected chi connectivity index (χ2v) is 7.83. The van der Waals surface area contributed by atoms with Gasteiger partial charge in [0.25, 0.3) is 0 Å². The molecule has 1 aliphatic heterocycles. The molecule has 4 rings (SSSR count). The van der Waals surface area contributed by atoms with E-state index in [0.717, 1.165) is 24.0 Å². The Morgan fingerprint density at radius 2 is 1.70 bits per heavy atom. The van der Waals surface area contributed by atoms with Crippen molar-refractivity contribution >= 4 is 11.9 Å². The van der Waals surface area contributed by atoms with Gasteiger partial charge in [0.05, 0.1) is 11.7 Å². The van der Waals surface area contributed by atoms with Crippen LogP contribution in [-0.4, -0.2) is 37.4 Å². The highest BCUT2D eigenvalue weighted by molar-refractivity contribution is 5.90. The molecule has 0 aliphatic carbocycles. The normalized spacial score (nSPS) is 16.1. The third-order valence-corrected chi connectivity index (χ3v) is 5.32. The Bertz CT molecular complexity index is 1070. The molecule has 33 heavy (non-hydrogen) atoms. The van der Waals surface area contributed by atoms with Crippen molar-refractivity contribution in [3.05, 3.63) is 84.4 Å². The minimum atomic E-state index is -0.831. The van der Waals surface area contributed by atoms with Gasteiger partial charge in [0.15, 0.2) is 6.10 Å². The lowest BCUT2D eigenvalue weighted by molar-refractivity contribution is -0.141. The molecule has 2 unspecified atom stereocenters. The Morgan fingerprint density at radius 1 is 0.939 bits per heavy atom. The van der Waals surface area contributed by atoms with Crippen molar-refractivity contribution in [3.8, 4) is 22.6 Å². The topological polar surface area (TPSA) is 71.1 Å². The molecule has 0 N–H and O–H groups in total. The molecule has 170 valence electrons. The second-order valence-electron chi connectivity index (χ2n) is 7.83. The number of hydrogen-bond acceptors (Lipinski definition) is 6. The van der Waals surface area contributed by atoms with Gasteiger partial charge in [0.1, 0.15) is 18.1 Å². The van der Waals surface area contributed by atoms with Crippen LogP contribution in [0.15, 0.2) is 78.9 Å². The molecule has 0 bridgehead atoms. The van der Waals surface area contributed by atoms with E-state index in [0.29, 0.717) is 17.9 Å². The molecule has 3 aromatic rings. The summed E-state index contributed by atoms with van der Waals surface area (Å²) in [7, 11) is 0. The lowest BCUT2D eigenvalue weighted by Gasteiger charge is -2.15. The van der Waals surface area contributed by atoms with Crippen molar-refractivity contribution < 1.29 is 28.5 Å². The van der Waals surface area contributed by atoms with Crippen LogP contribution in [0.5, 0.6) is 11.5 Å². The molecule has 1 heterocycles. The lowest BCUT2D eigenvalue weighted by Crippen LogP contribution is -2.28. The van der Waals surface area contributed by atoms with Crippen LogP contribution in [0.2, 0.25) is 0 Å². The molecule has 1 aliphatic rings. The molecule has 0 amide bonds. The maximum Gasteiger partial charge on any atom is 0.352 e. The number of rotatable bonds is 8. The average molecular weight is 446 g/mol. The summed E-state index contributed by atoms with van der Waals surface area (Å²) in [4.78, 5) is 24.8. The molecular weight excluding hydrogens is 420 g/mol. The second kappa shape index (κ2) is 10.8. The predicted octanol–water partition coefficient (Wildman–Crippen LogP) is 5.06. The number of carbonyl (C=O) groups is 2. The average Bonchev–Trinajstić information content (AvgIpc) is 3.37. The molecular formula is C27H26O6. The standard InChI is InChI=1S/C27H26O6/c1-19(32-23-14-12-21(13-15-23)20-7-3-2-4-8-20)26(28)33-24-10-5-9-22(17-24)27(29)31-18-25-11-6-16-30-25/h2-5,7-10,12-15,17,19,25H,6,11,16,18H2,1H3. The molecule has 0 radical (unpaired) electrons. The van der Waals surface area contributed by atoms with Gasteiger partial charge in [-0.3, -0.25) is 0 Å². The Kier molecular flexibility index (Phi) is 7.37. The van der Waals surface area contributed by atoms with Gasteiger partial charge >= 0.3 is 11.9 Å². The van der Waals surface area contributed by atoms with Crippen LogP contribution in [0.3, 0.4) is 0 Å². The summed E-state index contributed by atoms with van der Waals surface area (Å²) in [5.74, 6) is -0.231. The molecule has 6 nitrogen and oxygen atoms in total. The summed E-state index contributed by atoms with van der Waals surface area (Å²) in [6.45, 7) is 2.54. The first-order chi connectivity index (χ1) is 16.1. The number of esters is 2. The first-order valence-electron chi connectivity index (χ1n) is 11.0. The number of benzene rings is 3. The molecule has 6 heteroatoms. The van der Waals surface area contributed by atoms with Crippen LogP contribution >= 0.6 is 0 Å². The zero-order valence-electron chi connectivity index (χ0n) is 18.4. The molecule has 1 saturated heterocycles.